The SMILES string of the molecule is OC[C@@H]1CN(Cc2nnc(C3CC3)o2)C[C@H]1c1ccc(Cl)cc1. The zero-order chi connectivity index (χ0) is 15.8. The van der Waals surface area contributed by atoms with E-state index in [-0.39, 0.29) is 12.5 Å². The number of hydrogen-bond acceptors (Lipinski definition) is 5. The molecule has 4 rings (SSSR count). The minimum absolute atomic E-state index is 0.181. The molecule has 1 N–H and O–H groups in total. The van der Waals surface area contributed by atoms with E-state index in [1.807, 2.05) is 12.1 Å². The Morgan fingerprint density at radius 1 is 1.17 bits per heavy atom. The number of rotatable bonds is 5. The van der Waals surface area contributed by atoms with Crippen molar-refractivity contribution in [3.8, 4) is 0 Å². The molecule has 0 amide bonds. The maximum atomic E-state index is 9.72. The lowest BCUT2D eigenvalue weighted by atomic mass is 9.90. The number of hydrogen-bond donors (Lipinski definition) is 1. The fourth-order valence-electron chi connectivity index (χ4n) is 3.38. The van der Waals surface area contributed by atoms with Crippen LogP contribution in [-0.4, -0.2) is 39.9 Å². The van der Waals surface area contributed by atoms with E-state index in [1.165, 1.54) is 5.56 Å². The normalized spacial score (nSPS) is 25.1. The highest BCUT2D eigenvalue weighted by Gasteiger charge is 2.34. The van der Waals surface area contributed by atoms with Crippen molar-refractivity contribution < 1.29 is 9.52 Å². The van der Waals surface area contributed by atoms with Crippen molar-refractivity contribution in [2.45, 2.75) is 31.2 Å². The third kappa shape index (κ3) is 3.27. The topological polar surface area (TPSA) is 62.4 Å². The summed E-state index contributed by atoms with van der Waals surface area (Å²) in [5.74, 6) is 2.49. The molecule has 122 valence electrons. The molecule has 6 heteroatoms. The lowest BCUT2D eigenvalue weighted by Gasteiger charge is -2.16. The molecule has 2 aliphatic rings. The Hall–Kier alpha value is -1.43. The summed E-state index contributed by atoms with van der Waals surface area (Å²) in [6.07, 6.45) is 2.33. The second kappa shape index (κ2) is 6.23. The molecule has 0 radical (unpaired) electrons. The maximum absolute atomic E-state index is 9.72. The van der Waals surface area contributed by atoms with Gasteiger partial charge in [0.15, 0.2) is 0 Å². The van der Waals surface area contributed by atoms with Gasteiger partial charge in [0.2, 0.25) is 11.8 Å². The summed E-state index contributed by atoms with van der Waals surface area (Å²) < 4.78 is 5.75. The standard InChI is InChI=1S/C17H20ClN3O2/c18-14-5-3-11(4-6-14)15-8-21(7-13(15)10-22)9-16-19-20-17(23-16)12-1-2-12/h3-6,12-13,15,22H,1-2,7-10H2/t13-,15-/m0/s1. The van der Waals surface area contributed by atoms with Gasteiger partial charge in [-0.1, -0.05) is 23.7 Å². The fraction of sp³-hybridized carbons (Fsp3) is 0.529. The minimum atomic E-state index is 0.181. The first-order chi connectivity index (χ1) is 11.2. The Morgan fingerprint density at radius 2 is 1.96 bits per heavy atom. The van der Waals surface area contributed by atoms with Gasteiger partial charge in [0.05, 0.1) is 6.54 Å². The minimum Gasteiger partial charge on any atom is -0.424 e. The number of aliphatic hydroxyl groups excluding tert-OH is 1. The van der Waals surface area contributed by atoms with Gasteiger partial charge >= 0.3 is 0 Å². The van der Waals surface area contributed by atoms with Gasteiger partial charge in [0.1, 0.15) is 0 Å². The Morgan fingerprint density at radius 3 is 2.65 bits per heavy atom. The summed E-state index contributed by atoms with van der Waals surface area (Å²) in [5.41, 5.74) is 1.22. The van der Waals surface area contributed by atoms with Crippen LogP contribution in [0.5, 0.6) is 0 Å². The van der Waals surface area contributed by atoms with Crippen LogP contribution in [-0.2, 0) is 6.54 Å². The van der Waals surface area contributed by atoms with Crippen LogP contribution >= 0.6 is 11.6 Å². The van der Waals surface area contributed by atoms with Gasteiger partial charge in [-0.05, 0) is 30.5 Å². The van der Waals surface area contributed by atoms with Gasteiger partial charge in [0.25, 0.3) is 0 Å². The maximum Gasteiger partial charge on any atom is 0.230 e. The number of aromatic nitrogens is 2. The molecule has 2 fully saturated rings. The summed E-state index contributed by atoms with van der Waals surface area (Å²) >= 11 is 5.97. The highest BCUT2D eigenvalue weighted by atomic mass is 35.5. The van der Waals surface area contributed by atoms with Crippen molar-refractivity contribution in [2.24, 2.45) is 5.92 Å². The quantitative estimate of drug-likeness (QED) is 0.911. The molecule has 0 spiro atoms. The molecule has 1 aliphatic heterocycles. The predicted molar refractivity (Wildman–Crippen MR) is 86.3 cm³/mol. The Kier molecular flexibility index (Phi) is 4.09. The molecule has 5 nitrogen and oxygen atoms in total. The molecule has 2 aromatic rings. The first-order valence-electron chi connectivity index (χ1n) is 8.14. The van der Waals surface area contributed by atoms with Gasteiger partial charge in [-0.3, -0.25) is 4.90 Å². The van der Waals surface area contributed by atoms with Crippen molar-refractivity contribution >= 4 is 11.6 Å². The van der Waals surface area contributed by atoms with Crippen molar-refractivity contribution in [2.75, 3.05) is 19.7 Å². The van der Waals surface area contributed by atoms with E-state index in [0.717, 1.165) is 36.8 Å². The average molecular weight is 334 g/mol. The zero-order valence-corrected chi connectivity index (χ0v) is 13.6. The van der Waals surface area contributed by atoms with Crippen LogP contribution in [0, 0.1) is 5.92 Å². The Balaban J connectivity index is 1.44. The number of nitrogens with zero attached hydrogens (tertiary/aromatic N) is 3. The Bertz CT molecular complexity index is 669. The average Bonchev–Trinajstić information content (AvgIpc) is 3.17. The molecule has 2 heterocycles. The van der Waals surface area contributed by atoms with Crippen molar-refractivity contribution in [3.63, 3.8) is 0 Å². The highest BCUT2D eigenvalue weighted by Crippen LogP contribution is 2.39. The van der Waals surface area contributed by atoms with Crippen LogP contribution in [0.4, 0.5) is 0 Å². The monoisotopic (exact) mass is 333 g/mol. The van der Waals surface area contributed by atoms with E-state index in [2.05, 4.69) is 27.2 Å². The highest BCUT2D eigenvalue weighted by molar-refractivity contribution is 6.30. The molecular weight excluding hydrogens is 314 g/mol. The molecule has 1 saturated carbocycles. The molecular formula is C17H20ClN3O2. The largest absolute Gasteiger partial charge is 0.424 e. The molecule has 1 aliphatic carbocycles. The van der Waals surface area contributed by atoms with E-state index < -0.39 is 0 Å². The van der Waals surface area contributed by atoms with Crippen LogP contribution in [0.15, 0.2) is 28.7 Å². The van der Waals surface area contributed by atoms with Gasteiger partial charge < -0.3 is 9.52 Å². The zero-order valence-electron chi connectivity index (χ0n) is 12.9. The van der Waals surface area contributed by atoms with Crippen molar-refractivity contribution in [1.29, 1.82) is 0 Å². The van der Waals surface area contributed by atoms with E-state index >= 15 is 0 Å². The van der Waals surface area contributed by atoms with Gasteiger partial charge in [-0.15, -0.1) is 10.2 Å². The number of halogens is 1. The summed E-state index contributed by atoms with van der Waals surface area (Å²) in [4.78, 5) is 2.28. The summed E-state index contributed by atoms with van der Waals surface area (Å²) in [7, 11) is 0. The lowest BCUT2D eigenvalue weighted by Crippen LogP contribution is -2.21. The second-order valence-corrected chi connectivity index (χ2v) is 7.04. The third-order valence-electron chi connectivity index (χ3n) is 4.82. The van der Waals surface area contributed by atoms with E-state index in [9.17, 15) is 5.11 Å². The molecule has 23 heavy (non-hydrogen) atoms. The molecule has 0 unspecified atom stereocenters. The smallest absolute Gasteiger partial charge is 0.230 e. The Labute approximate surface area is 140 Å². The van der Waals surface area contributed by atoms with E-state index in [0.29, 0.717) is 24.3 Å². The van der Waals surface area contributed by atoms with Crippen LogP contribution in [0.25, 0.3) is 0 Å². The molecule has 1 aromatic carbocycles. The van der Waals surface area contributed by atoms with E-state index in [1.54, 1.807) is 0 Å². The van der Waals surface area contributed by atoms with Gasteiger partial charge in [-0.25, -0.2) is 0 Å². The number of aliphatic hydroxyl groups is 1. The van der Waals surface area contributed by atoms with Gasteiger partial charge in [-0.2, -0.15) is 0 Å². The lowest BCUT2D eigenvalue weighted by molar-refractivity contribution is 0.209. The van der Waals surface area contributed by atoms with Crippen LogP contribution in [0.1, 0.15) is 42.0 Å². The summed E-state index contributed by atoms with van der Waals surface area (Å²) in [6.45, 7) is 2.56. The van der Waals surface area contributed by atoms with Crippen LogP contribution in [0.2, 0.25) is 5.02 Å². The first-order valence-corrected chi connectivity index (χ1v) is 8.51. The molecule has 1 aromatic heterocycles. The number of benzene rings is 1. The molecule has 0 bridgehead atoms. The first kappa shape index (κ1) is 15.1. The molecule has 1 saturated heterocycles. The van der Waals surface area contributed by atoms with Crippen molar-refractivity contribution in [1.82, 2.24) is 15.1 Å². The van der Waals surface area contributed by atoms with Crippen molar-refractivity contribution in [3.05, 3.63) is 46.6 Å². The predicted octanol–water partition coefficient (Wildman–Crippen LogP) is 2.81. The summed E-state index contributed by atoms with van der Waals surface area (Å²) in [5, 5.41) is 18.8. The molecule has 2 atom stereocenters. The fourth-order valence-corrected chi connectivity index (χ4v) is 3.51. The summed E-state index contributed by atoms with van der Waals surface area (Å²) in [6, 6.07) is 7.93. The van der Waals surface area contributed by atoms with E-state index in [4.69, 9.17) is 16.0 Å². The van der Waals surface area contributed by atoms with Crippen LogP contribution in [0.3, 0.4) is 0 Å². The third-order valence-corrected chi connectivity index (χ3v) is 5.07. The van der Waals surface area contributed by atoms with Crippen LogP contribution < -0.4 is 0 Å². The van der Waals surface area contributed by atoms with Gasteiger partial charge in [0, 0.05) is 42.5 Å². The number of likely N-dealkylation sites (tertiary alicyclic amines) is 1. The second-order valence-electron chi connectivity index (χ2n) is 6.60.